The zero-order valence-electron chi connectivity index (χ0n) is 10.6. The van der Waals surface area contributed by atoms with Crippen molar-refractivity contribution in [2.24, 2.45) is 5.92 Å². The average molecular weight is 224 g/mol. The quantitative estimate of drug-likeness (QED) is 0.713. The minimum absolute atomic E-state index is 0.257. The lowest BCUT2D eigenvalue weighted by Gasteiger charge is -2.34. The third-order valence-electron chi connectivity index (χ3n) is 4.13. The molecule has 0 radical (unpaired) electrons. The SMILES string of the molecule is CC(=O)N1CCCC1CN1CCC(C)CC1. The van der Waals surface area contributed by atoms with Crippen molar-refractivity contribution in [3.8, 4) is 0 Å². The molecule has 2 fully saturated rings. The summed E-state index contributed by atoms with van der Waals surface area (Å²) >= 11 is 0. The molecule has 2 aliphatic rings. The molecule has 0 bridgehead atoms. The zero-order valence-corrected chi connectivity index (χ0v) is 10.6. The first kappa shape index (κ1) is 11.9. The Morgan fingerprint density at radius 3 is 2.50 bits per heavy atom. The van der Waals surface area contributed by atoms with Gasteiger partial charge in [0.15, 0.2) is 0 Å². The van der Waals surface area contributed by atoms with Crippen LogP contribution in [0.2, 0.25) is 0 Å². The van der Waals surface area contributed by atoms with Gasteiger partial charge in [0.2, 0.25) is 5.91 Å². The first-order valence-electron chi connectivity index (χ1n) is 6.66. The van der Waals surface area contributed by atoms with Gasteiger partial charge in [0.05, 0.1) is 0 Å². The highest BCUT2D eigenvalue weighted by atomic mass is 16.2. The molecular weight excluding hydrogens is 200 g/mol. The minimum Gasteiger partial charge on any atom is -0.339 e. The lowest BCUT2D eigenvalue weighted by Crippen LogP contribution is -2.44. The van der Waals surface area contributed by atoms with E-state index in [0.717, 1.165) is 19.0 Å². The summed E-state index contributed by atoms with van der Waals surface area (Å²) < 4.78 is 0. The summed E-state index contributed by atoms with van der Waals surface area (Å²) in [5.74, 6) is 1.15. The number of hydrogen-bond donors (Lipinski definition) is 0. The number of carbonyl (C=O) groups excluding carboxylic acids is 1. The largest absolute Gasteiger partial charge is 0.339 e. The van der Waals surface area contributed by atoms with Crippen LogP contribution < -0.4 is 0 Å². The number of amides is 1. The summed E-state index contributed by atoms with van der Waals surface area (Å²) in [5.41, 5.74) is 0. The fraction of sp³-hybridized carbons (Fsp3) is 0.923. The summed E-state index contributed by atoms with van der Waals surface area (Å²) in [4.78, 5) is 16.1. The van der Waals surface area contributed by atoms with Gasteiger partial charge in [-0.15, -0.1) is 0 Å². The van der Waals surface area contributed by atoms with Gasteiger partial charge < -0.3 is 9.80 Å². The number of piperidine rings is 1. The molecule has 2 rings (SSSR count). The van der Waals surface area contributed by atoms with Crippen LogP contribution in [0.15, 0.2) is 0 Å². The second kappa shape index (κ2) is 5.17. The Kier molecular flexibility index (Phi) is 3.85. The molecule has 1 unspecified atom stereocenters. The molecule has 0 aromatic carbocycles. The van der Waals surface area contributed by atoms with Crippen LogP contribution in [-0.4, -0.2) is 47.9 Å². The van der Waals surface area contributed by atoms with Gasteiger partial charge in [0, 0.05) is 26.1 Å². The van der Waals surface area contributed by atoms with E-state index in [4.69, 9.17) is 0 Å². The number of rotatable bonds is 2. The van der Waals surface area contributed by atoms with Crippen LogP contribution in [-0.2, 0) is 4.79 Å². The highest BCUT2D eigenvalue weighted by molar-refractivity contribution is 5.73. The van der Waals surface area contributed by atoms with Crippen LogP contribution in [0.25, 0.3) is 0 Å². The van der Waals surface area contributed by atoms with Crippen molar-refractivity contribution < 1.29 is 4.79 Å². The van der Waals surface area contributed by atoms with E-state index in [0.29, 0.717) is 6.04 Å². The minimum atomic E-state index is 0.257. The van der Waals surface area contributed by atoms with Crippen LogP contribution in [0.3, 0.4) is 0 Å². The second-order valence-electron chi connectivity index (χ2n) is 5.49. The van der Waals surface area contributed by atoms with Crippen LogP contribution >= 0.6 is 0 Å². The smallest absolute Gasteiger partial charge is 0.219 e. The highest BCUT2D eigenvalue weighted by Crippen LogP contribution is 2.21. The maximum Gasteiger partial charge on any atom is 0.219 e. The Hall–Kier alpha value is -0.570. The fourth-order valence-corrected chi connectivity index (χ4v) is 2.98. The Balaban J connectivity index is 1.82. The molecule has 0 N–H and O–H groups in total. The fourth-order valence-electron chi connectivity index (χ4n) is 2.98. The maximum atomic E-state index is 11.5. The third-order valence-corrected chi connectivity index (χ3v) is 4.13. The van der Waals surface area contributed by atoms with E-state index in [-0.39, 0.29) is 5.91 Å². The molecule has 92 valence electrons. The molecule has 3 heteroatoms. The standard InChI is InChI=1S/C13H24N2O/c1-11-5-8-14(9-6-11)10-13-4-3-7-15(13)12(2)16/h11,13H,3-10H2,1-2H3. The van der Waals surface area contributed by atoms with Gasteiger partial charge in [0.1, 0.15) is 0 Å². The molecule has 0 aromatic heterocycles. The van der Waals surface area contributed by atoms with E-state index >= 15 is 0 Å². The molecule has 0 aromatic rings. The lowest BCUT2D eigenvalue weighted by molar-refractivity contribution is -0.130. The number of nitrogens with zero attached hydrogens (tertiary/aromatic N) is 2. The molecule has 3 nitrogen and oxygen atoms in total. The number of likely N-dealkylation sites (tertiary alicyclic amines) is 2. The topological polar surface area (TPSA) is 23.6 Å². The van der Waals surface area contributed by atoms with Crippen LogP contribution in [0.4, 0.5) is 0 Å². The maximum absolute atomic E-state index is 11.5. The van der Waals surface area contributed by atoms with E-state index in [2.05, 4.69) is 16.7 Å². The van der Waals surface area contributed by atoms with Crippen molar-refractivity contribution >= 4 is 5.91 Å². The Morgan fingerprint density at radius 1 is 1.19 bits per heavy atom. The molecule has 2 aliphatic heterocycles. The summed E-state index contributed by atoms with van der Waals surface area (Å²) in [6.07, 6.45) is 5.04. The van der Waals surface area contributed by atoms with Gasteiger partial charge in [-0.3, -0.25) is 4.79 Å². The number of hydrogen-bond acceptors (Lipinski definition) is 2. The van der Waals surface area contributed by atoms with Crippen molar-refractivity contribution in [2.75, 3.05) is 26.2 Å². The van der Waals surface area contributed by atoms with E-state index < -0.39 is 0 Å². The van der Waals surface area contributed by atoms with Gasteiger partial charge in [-0.2, -0.15) is 0 Å². The molecule has 1 atom stereocenters. The van der Waals surface area contributed by atoms with Gasteiger partial charge >= 0.3 is 0 Å². The van der Waals surface area contributed by atoms with Gasteiger partial charge in [0.25, 0.3) is 0 Å². The summed E-state index contributed by atoms with van der Waals surface area (Å²) in [5, 5.41) is 0. The molecule has 2 heterocycles. The van der Waals surface area contributed by atoms with E-state index in [1.165, 1.54) is 38.8 Å². The lowest BCUT2D eigenvalue weighted by atomic mass is 9.99. The van der Waals surface area contributed by atoms with E-state index in [1.807, 2.05) is 0 Å². The predicted octanol–water partition coefficient (Wildman–Crippen LogP) is 1.73. The van der Waals surface area contributed by atoms with Crippen molar-refractivity contribution in [3.05, 3.63) is 0 Å². The summed E-state index contributed by atoms with van der Waals surface area (Å²) in [7, 11) is 0. The molecule has 0 saturated carbocycles. The Bertz CT molecular complexity index is 246. The first-order valence-corrected chi connectivity index (χ1v) is 6.66. The summed E-state index contributed by atoms with van der Waals surface area (Å²) in [6, 6.07) is 0.492. The molecule has 1 amide bonds. The predicted molar refractivity (Wildman–Crippen MR) is 65.2 cm³/mol. The third kappa shape index (κ3) is 2.76. The van der Waals surface area contributed by atoms with Gasteiger partial charge in [-0.25, -0.2) is 0 Å². The van der Waals surface area contributed by atoms with Crippen LogP contribution in [0.5, 0.6) is 0 Å². The first-order chi connectivity index (χ1) is 7.66. The van der Waals surface area contributed by atoms with E-state index in [9.17, 15) is 4.79 Å². The van der Waals surface area contributed by atoms with Crippen molar-refractivity contribution in [1.29, 1.82) is 0 Å². The summed E-state index contributed by atoms with van der Waals surface area (Å²) in [6.45, 7) is 8.58. The van der Waals surface area contributed by atoms with Crippen LogP contribution in [0.1, 0.15) is 39.5 Å². The zero-order chi connectivity index (χ0) is 11.5. The van der Waals surface area contributed by atoms with Crippen LogP contribution in [0, 0.1) is 5.92 Å². The average Bonchev–Trinajstić information content (AvgIpc) is 2.69. The second-order valence-corrected chi connectivity index (χ2v) is 5.49. The molecule has 2 saturated heterocycles. The highest BCUT2D eigenvalue weighted by Gasteiger charge is 2.28. The van der Waals surface area contributed by atoms with Crippen molar-refractivity contribution in [2.45, 2.75) is 45.6 Å². The van der Waals surface area contributed by atoms with Crippen molar-refractivity contribution in [3.63, 3.8) is 0 Å². The molecule has 0 aliphatic carbocycles. The van der Waals surface area contributed by atoms with Gasteiger partial charge in [-0.1, -0.05) is 6.92 Å². The Morgan fingerprint density at radius 2 is 1.88 bits per heavy atom. The van der Waals surface area contributed by atoms with Crippen molar-refractivity contribution in [1.82, 2.24) is 9.80 Å². The number of carbonyl (C=O) groups is 1. The normalized spacial score (nSPS) is 28.6. The Labute approximate surface area is 98.8 Å². The molecule has 16 heavy (non-hydrogen) atoms. The molecular formula is C13H24N2O. The monoisotopic (exact) mass is 224 g/mol. The van der Waals surface area contributed by atoms with E-state index in [1.54, 1.807) is 6.92 Å². The van der Waals surface area contributed by atoms with Gasteiger partial charge in [-0.05, 0) is 44.7 Å². The molecule has 0 spiro atoms.